The molecule has 0 amide bonds. The van der Waals surface area contributed by atoms with Crippen molar-refractivity contribution in [3.05, 3.63) is 48.0 Å². The van der Waals surface area contributed by atoms with Crippen molar-refractivity contribution in [1.29, 1.82) is 0 Å². The van der Waals surface area contributed by atoms with E-state index in [-0.39, 0.29) is 0 Å². The third-order valence-electron chi connectivity index (χ3n) is 4.65. The molecular formula is C19H26N2O. The fourth-order valence-corrected chi connectivity index (χ4v) is 3.25. The molecule has 22 heavy (non-hydrogen) atoms. The molecule has 0 aliphatic carbocycles. The minimum Gasteiger partial charge on any atom is -0.383 e. The van der Waals surface area contributed by atoms with Crippen LogP contribution in [0.2, 0.25) is 0 Å². The summed E-state index contributed by atoms with van der Waals surface area (Å²) in [6.07, 6.45) is 1.14. The maximum Gasteiger partial charge on any atom is 0.0589 e. The summed E-state index contributed by atoms with van der Waals surface area (Å²) in [4.78, 5) is 5.09. The van der Waals surface area contributed by atoms with Crippen LogP contribution in [0.4, 0.5) is 0 Å². The third-order valence-corrected chi connectivity index (χ3v) is 4.65. The van der Waals surface area contributed by atoms with E-state index in [1.807, 2.05) is 0 Å². The smallest absolute Gasteiger partial charge is 0.0589 e. The third kappa shape index (κ3) is 3.86. The molecule has 3 rings (SSSR count). The Morgan fingerprint density at radius 3 is 2.32 bits per heavy atom. The highest BCUT2D eigenvalue weighted by Crippen LogP contribution is 2.19. The second-order valence-corrected chi connectivity index (χ2v) is 6.06. The fourth-order valence-electron chi connectivity index (χ4n) is 3.25. The Morgan fingerprint density at radius 2 is 1.55 bits per heavy atom. The summed E-state index contributed by atoms with van der Waals surface area (Å²) in [5.74, 6) is 0. The van der Waals surface area contributed by atoms with Crippen molar-refractivity contribution in [2.24, 2.45) is 0 Å². The van der Waals surface area contributed by atoms with Crippen LogP contribution >= 0.6 is 0 Å². The molecule has 1 aliphatic rings. The Morgan fingerprint density at radius 1 is 0.864 bits per heavy atom. The highest BCUT2D eigenvalue weighted by Gasteiger charge is 2.16. The zero-order chi connectivity index (χ0) is 15.2. The van der Waals surface area contributed by atoms with Crippen molar-refractivity contribution in [2.45, 2.75) is 6.42 Å². The molecule has 2 aromatic rings. The van der Waals surface area contributed by atoms with Crippen molar-refractivity contribution in [3.8, 4) is 0 Å². The number of piperazine rings is 1. The SMILES string of the molecule is COCCN1CCN(CCc2cccc3ccccc23)CC1. The summed E-state index contributed by atoms with van der Waals surface area (Å²) in [5, 5.41) is 2.76. The molecule has 0 bridgehead atoms. The highest BCUT2D eigenvalue weighted by molar-refractivity contribution is 5.85. The second kappa shape index (κ2) is 7.73. The van der Waals surface area contributed by atoms with Gasteiger partial charge in [0.2, 0.25) is 0 Å². The predicted molar refractivity (Wildman–Crippen MR) is 92.4 cm³/mol. The van der Waals surface area contributed by atoms with E-state index in [0.717, 1.165) is 26.1 Å². The first-order valence-corrected chi connectivity index (χ1v) is 8.27. The molecular weight excluding hydrogens is 272 g/mol. The standard InChI is InChI=1S/C19H26N2O/c1-22-16-15-21-13-11-20(12-14-21)10-9-18-7-4-6-17-5-2-3-8-19(17)18/h2-8H,9-16H2,1H3. The predicted octanol–water partition coefficient (Wildman–Crippen LogP) is 2.65. The van der Waals surface area contributed by atoms with Gasteiger partial charge >= 0.3 is 0 Å². The van der Waals surface area contributed by atoms with Gasteiger partial charge in [0.15, 0.2) is 0 Å². The van der Waals surface area contributed by atoms with E-state index in [4.69, 9.17) is 4.74 Å². The molecule has 0 aromatic heterocycles. The Bertz CT molecular complexity index is 586. The number of hydrogen-bond donors (Lipinski definition) is 0. The van der Waals surface area contributed by atoms with Gasteiger partial charge in [-0.05, 0) is 22.8 Å². The van der Waals surface area contributed by atoms with Crippen molar-refractivity contribution in [3.63, 3.8) is 0 Å². The van der Waals surface area contributed by atoms with Gasteiger partial charge in [-0.1, -0.05) is 42.5 Å². The Kier molecular flexibility index (Phi) is 5.43. The van der Waals surface area contributed by atoms with Crippen molar-refractivity contribution in [2.75, 3.05) is 53.0 Å². The number of methoxy groups -OCH3 is 1. The normalized spacial score (nSPS) is 17.1. The summed E-state index contributed by atoms with van der Waals surface area (Å²) in [7, 11) is 1.78. The maximum atomic E-state index is 5.16. The Labute approximate surface area is 133 Å². The first kappa shape index (κ1) is 15.5. The average Bonchev–Trinajstić information content (AvgIpc) is 2.59. The van der Waals surface area contributed by atoms with Crippen LogP contribution in [0, 0.1) is 0 Å². The first-order valence-electron chi connectivity index (χ1n) is 8.27. The summed E-state index contributed by atoms with van der Waals surface area (Å²) in [6.45, 7) is 7.75. The number of hydrogen-bond acceptors (Lipinski definition) is 3. The molecule has 2 aromatic carbocycles. The lowest BCUT2D eigenvalue weighted by atomic mass is 10.0. The van der Waals surface area contributed by atoms with E-state index in [2.05, 4.69) is 52.3 Å². The molecule has 3 heteroatoms. The summed E-state index contributed by atoms with van der Waals surface area (Å²) < 4.78 is 5.16. The van der Waals surface area contributed by atoms with Crippen LogP contribution in [0.5, 0.6) is 0 Å². The van der Waals surface area contributed by atoms with E-state index in [9.17, 15) is 0 Å². The van der Waals surface area contributed by atoms with Crippen molar-refractivity contribution >= 4 is 10.8 Å². The van der Waals surface area contributed by atoms with E-state index in [0.29, 0.717) is 0 Å². The first-order chi connectivity index (χ1) is 10.9. The van der Waals surface area contributed by atoms with Crippen molar-refractivity contribution < 1.29 is 4.74 Å². The largest absolute Gasteiger partial charge is 0.383 e. The lowest BCUT2D eigenvalue weighted by Crippen LogP contribution is -2.47. The molecule has 0 unspecified atom stereocenters. The Balaban J connectivity index is 1.53. The molecule has 1 heterocycles. The highest BCUT2D eigenvalue weighted by atomic mass is 16.5. The lowest BCUT2D eigenvalue weighted by Gasteiger charge is -2.34. The number of ether oxygens (including phenoxy) is 1. The number of benzene rings is 2. The molecule has 1 aliphatic heterocycles. The van der Waals surface area contributed by atoms with Gasteiger partial charge in [-0.3, -0.25) is 4.90 Å². The molecule has 0 atom stereocenters. The molecule has 0 N–H and O–H groups in total. The van der Waals surface area contributed by atoms with Gasteiger partial charge in [0, 0.05) is 46.4 Å². The van der Waals surface area contributed by atoms with Gasteiger partial charge < -0.3 is 9.64 Å². The van der Waals surface area contributed by atoms with Crippen LogP contribution in [-0.4, -0.2) is 62.8 Å². The van der Waals surface area contributed by atoms with E-state index < -0.39 is 0 Å². The van der Waals surface area contributed by atoms with Gasteiger partial charge in [-0.25, -0.2) is 0 Å². The van der Waals surface area contributed by atoms with Gasteiger partial charge in [0.1, 0.15) is 0 Å². The summed E-state index contributed by atoms with van der Waals surface area (Å²) >= 11 is 0. The van der Waals surface area contributed by atoms with Crippen LogP contribution in [0.1, 0.15) is 5.56 Å². The molecule has 0 spiro atoms. The maximum absolute atomic E-state index is 5.16. The Hall–Kier alpha value is -1.42. The zero-order valence-electron chi connectivity index (χ0n) is 13.5. The van der Waals surface area contributed by atoms with Gasteiger partial charge in [0.05, 0.1) is 6.61 Å². The van der Waals surface area contributed by atoms with E-state index in [1.165, 1.54) is 42.5 Å². The van der Waals surface area contributed by atoms with E-state index in [1.54, 1.807) is 7.11 Å². The van der Waals surface area contributed by atoms with E-state index >= 15 is 0 Å². The van der Waals surface area contributed by atoms with Crippen LogP contribution in [0.3, 0.4) is 0 Å². The summed E-state index contributed by atoms with van der Waals surface area (Å²) in [5.41, 5.74) is 1.47. The molecule has 1 fully saturated rings. The topological polar surface area (TPSA) is 15.7 Å². The van der Waals surface area contributed by atoms with Crippen LogP contribution in [0.15, 0.2) is 42.5 Å². The average molecular weight is 298 g/mol. The number of nitrogens with zero attached hydrogens (tertiary/aromatic N) is 2. The van der Waals surface area contributed by atoms with Gasteiger partial charge in [0.25, 0.3) is 0 Å². The molecule has 3 nitrogen and oxygen atoms in total. The number of rotatable bonds is 6. The molecule has 0 radical (unpaired) electrons. The van der Waals surface area contributed by atoms with Crippen LogP contribution in [0.25, 0.3) is 10.8 Å². The summed E-state index contributed by atoms with van der Waals surface area (Å²) in [6, 6.07) is 15.4. The minimum absolute atomic E-state index is 0.843. The van der Waals surface area contributed by atoms with Crippen LogP contribution in [-0.2, 0) is 11.2 Å². The zero-order valence-corrected chi connectivity index (χ0v) is 13.5. The quantitative estimate of drug-likeness (QED) is 0.815. The molecule has 118 valence electrons. The molecule has 0 saturated carbocycles. The lowest BCUT2D eigenvalue weighted by molar-refractivity contribution is 0.0976. The minimum atomic E-state index is 0.843. The number of fused-ring (bicyclic) bond motifs is 1. The second-order valence-electron chi connectivity index (χ2n) is 6.06. The monoisotopic (exact) mass is 298 g/mol. The van der Waals surface area contributed by atoms with Gasteiger partial charge in [-0.2, -0.15) is 0 Å². The fraction of sp³-hybridized carbons (Fsp3) is 0.474. The molecule has 1 saturated heterocycles. The van der Waals surface area contributed by atoms with Crippen LogP contribution < -0.4 is 0 Å². The van der Waals surface area contributed by atoms with Crippen molar-refractivity contribution in [1.82, 2.24) is 9.80 Å². The van der Waals surface area contributed by atoms with Gasteiger partial charge in [-0.15, -0.1) is 0 Å².